The molecule has 1 aliphatic carbocycles. The van der Waals surface area contributed by atoms with Gasteiger partial charge >= 0.3 is 0 Å². The van der Waals surface area contributed by atoms with Gasteiger partial charge in [0.25, 0.3) is 0 Å². The number of fused-ring (bicyclic) bond motifs is 2. The minimum Gasteiger partial charge on any atom is -0.364 e. The summed E-state index contributed by atoms with van der Waals surface area (Å²) in [5, 5.41) is 18.7. The summed E-state index contributed by atoms with van der Waals surface area (Å²) >= 11 is 0. The van der Waals surface area contributed by atoms with Gasteiger partial charge in [-0.1, -0.05) is 49.4 Å². The molecule has 0 aromatic heterocycles. The fourth-order valence-electron chi connectivity index (χ4n) is 3.21. The zero-order valence-electron chi connectivity index (χ0n) is 11.7. The Morgan fingerprint density at radius 2 is 1.85 bits per heavy atom. The number of hydrogen-bond donors (Lipinski definition) is 2. The van der Waals surface area contributed by atoms with Gasteiger partial charge in [-0.3, -0.25) is 0 Å². The molecule has 0 saturated heterocycles. The van der Waals surface area contributed by atoms with E-state index in [0.29, 0.717) is 11.5 Å². The van der Waals surface area contributed by atoms with Crippen molar-refractivity contribution in [1.29, 1.82) is 0 Å². The zero-order valence-corrected chi connectivity index (χ0v) is 11.7. The molecule has 2 N–H and O–H groups in total. The molecule has 1 atom stereocenters. The van der Waals surface area contributed by atoms with Crippen LogP contribution in [0.1, 0.15) is 53.4 Å². The largest absolute Gasteiger partial charge is 0.364 e. The van der Waals surface area contributed by atoms with Gasteiger partial charge in [0.1, 0.15) is 0 Å². The molecule has 2 heteroatoms. The third kappa shape index (κ3) is 2.37. The summed E-state index contributed by atoms with van der Waals surface area (Å²) in [6, 6.07) is 14.4. The second kappa shape index (κ2) is 5.39. The van der Waals surface area contributed by atoms with Crippen LogP contribution < -0.4 is 0 Å². The first-order valence-corrected chi connectivity index (χ1v) is 7.24. The molecule has 2 aromatic carbocycles. The Kier molecular flexibility index (Phi) is 3.60. The molecule has 20 heavy (non-hydrogen) atoms. The summed E-state index contributed by atoms with van der Waals surface area (Å²) in [5.41, 5.74) is 5.94. The molecule has 0 spiro atoms. The molecule has 0 aliphatic heterocycles. The fourth-order valence-corrected chi connectivity index (χ4v) is 3.21. The van der Waals surface area contributed by atoms with Crippen LogP contribution in [0.25, 0.3) is 0 Å². The molecule has 1 aliphatic rings. The highest BCUT2D eigenvalue weighted by atomic mass is 16.5. The maximum Gasteiger partial charge on any atom is 0.178 e. The van der Waals surface area contributed by atoms with Crippen molar-refractivity contribution in [1.82, 2.24) is 0 Å². The lowest BCUT2D eigenvalue weighted by molar-refractivity contribution is -0.0425. The van der Waals surface area contributed by atoms with E-state index in [1.807, 2.05) is 12.1 Å². The topological polar surface area (TPSA) is 40.5 Å². The molecule has 1 unspecified atom stereocenters. The molecule has 0 saturated carbocycles. The van der Waals surface area contributed by atoms with Gasteiger partial charge in [-0.05, 0) is 47.4 Å². The smallest absolute Gasteiger partial charge is 0.178 e. The first kappa shape index (κ1) is 13.3. The first-order chi connectivity index (χ1) is 9.69. The molecule has 0 fully saturated rings. The summed E-state index contributed by atoms with van der Waals surface area (Å²) < 4.78 is 0. The lowest BCUT2D eigenvalue weighted by atomic mass is 9.89. The van der Waals surface area contributed by atoms with E-state index in [2.05, 4.69) is 37.3 Å². The molecule has 0 amide bonds. The average Bonchev–Trinajstić information content (AvgIpc) is 2.62. The van der Waals surface area contributed by atoms with Crippen molar-refractivity contribution in [3.05, 3.63) is 70.3 Å². The second-order valence-corrected chi connectivity index (χ2v) is 5.59. The van der Waals surface area contributed by atoms with E-state index in [9.17, 15) is 10.2 Å². The summed E-state index contributed by atoms with van der Waals surface area (Å²) in [7, 11) is 0. The highest BCUT2D eigenvalue weighted by Crippen LogP contribution is 2.34. The Morgan fingerprint density at radius 1 is 1.05 bits per heavy atom. The molecule has 0 heterocycles. The highest BCUT2D eigenvalue weighted by molar-refractivity contribution is 5.44. The quantitative estimate of drug-likeness (QED) is 0.820. The summed E-state index contributed by atoms with van der Waals surface area (Å²) in [6.07, 6.45) is 1.65. The van der Waals surface area contributed by atoms with Crippen molar-refractivity contribution in [3.8, 4) is 0 Å². The first-order valence-electron chi connectivity index (χ1n) is 7.24. The van der Waals surface area contributed by atoms with Crippen LogP contribution in [0.2, 0.25) is 0 Å². The van der Waals surface area contributed by atoms with Crippen molar-refractivity contribution in [2.75, 3.05) is 0 Å². The average molecular weight is 268 g/mol. The standard InChI is InChI=1S/C18H20O2/c1-2-12-9-13-7-8-15(18(19)20)11-16(13)10-14-5-3-4-6-17(12)14/h3-8,11-12,18-20H,2,9-10H2,1H3. The number of aliphatic hydroxyl groups is 2. The van der Waals surface area contributed by atoms with Crippen LogP contribution in [-0.2, 0) is 12.8 Å². The minimum absolute atomic E-state index is 0.553. The van der Waals surface area contributed by atoms with Gasteiger partial charge < -0.3 is 10.2 Å². The van der Waals surface area contributed by atoms with E-state index < -0.39 is 6.29 Å². The monoisotopic (exact) mass is 268 g/mol. The minimum atomic E-state index is -1.39. The van der Waals surface area contributed by atoms with Gasteiger partial charge in [0.15, 0.2) is 6.29 Å². The predicted molar refractivity (Wildman–Crippen MR) is 79.6 cm³/mol. The van der Waals surface area contributed by atoms with E-state index >= 15 is 0 Å². The van der Waals surface area contributed by atoms with Gasteiger partial charge in [-0.25, -0.2) is 0 Å². The van der Waals surface area contributed by atoms with Crippen molar-refractivity contribution in [3.63, 3.8) is 0 Å². The van der Waals surface area contributed by atoms with E-state index in [1.54, 1.807) is 0 Å². The summed E-state index contributed by atoms with van der Waals surface area (Å²) in [5.74, 6) is 0.553. The lowest BCUT2D eigenvalue weighted by Crippen LogP contribution is -2.02. The fraction of sp³-hybridized carbons (Fsp3) is 0.333. The van der Waals surface area contributed by atoms with Crippen LogP contribution in [0.3, 0.4) is 0 Å². The van der Waals surface area contributed by atoms with Gasteiger partial charge in [0, 0.05) is 5.56 Å². The maximum absolute atomic E-state index is 9.34. The highest BCUT2D eigenvalue weighted by Gasteiger charge is 2.21. The Labute approximate surface area is 119 Å². The van der Waals surface area contributed by atoms with Gasteiger partial charge in [-0.15, -0.1) is 0 Å². The van der Waals surface area contributed by atoms with Crippen LogP contribution in [0, 0.1) is 0 Å². The Balaban J connectivity index is 2.09. The molecule has 2 aromatic rings. The third-order valence-electron chi connectivity index (χ3n) is 4.36. The van der Waals surface area contributed by atoms with E-state index in [0.717, 1.165) is 19.3 Å². The number of benzene rings is 2. The summed E-state index contributed by atoms with van der Waals surface area (Å²) in [4.78, 5) is 0. The van der Waals surface area contributed by atoms with Crippen molar-refractivity contribution < 1.29 is 10.2 Å². The Bertz CT molecular complexity index is 617. The van der Waals surface area contributed by atoms with E-state index in [-0.39, 0.29) is 0 Å². The molecule has 0 bridgehead atoms. The number of hydrogen-bond acceptors (Lipinski definition) is 2. The molecule has 2 nitrogen and oxygen atoms in total. The Morgan fingerprint density at radius 3 is 2.60 bits per heavy atom. The van der Waals surface area contributed by atoms with Crippen LogP contribution in [0.5, 0.6) is 0 Å². The lowest BCUT2D eigenvalue weighted by Gasteiger charge is -2.15. The number of aliphatic hydroxyl groups excluding tert-OH is 1. The van der Waals surface area contributed by atoms with Crippen molar-refractivity contribution in [2.24, 2.45) is 0 Å². The molecule has 3 rings (SSSR count). The SMILES string of the molecule is CCC1Cc2ccc(C(O)O)cc2Cc2ccccc21. The van der Waals surface area contributed by atoms with Crippen LogP contribution in [0.15, 0.2) is 42.5 Å². The molecular weight excluding hydrogens is 248 g/mol. The van der Waals surface area contributed by atoms with Crippen molar-refractivity contribution >= 4 is 0 Å². The van der Waals surface area contributed by atoms with Crippen LogP contribution >= 0.6 is 0 Å². The molecule has 104 valence electrons. The van der Waals surface area contributed by atoms with Crippen LogP contribution in [0.4, 0.5) is 0 Å². The van der Waals surface area contributed by atoms with Crippen LogP contribution in [-0.4, -0.2) is 10.2 Å². The third-order valence-corrected chi connectivity index (χ3v) is 4.36. The van der Waals surface area contributed by atoms with E-state index in [4.69, 9.17) is 0 Å². The predicted octanol–water partition coefficient (Wildman–Crippen LogP) is 3.31. The molecule has 0 radical (unpaired) electrons. The number of rotatable bonds is 2. The van der Waals surface area contributed by atoms with Gasteiger partial charge in [-0.2, -0.15) is 0 Å². The normalized spacial score (nSPS) is 17.5. The maximum atomic E-state index is 9.34. The van der Waals surface area contributed by atoms with Gasteiger partial charge in [0.05, 0.1) is 0 Å². The Hall–Kier alpha value is -1.64. The summed E-state index contributed by atoms with van der Waals surface area (Å²) in [6.45, 7) is 2.23. The second-order valence-electron chi connectivity index (χ2n) is 5.59. The van der Waals surface area contributed by atoms with Crippen molar-refractivity contribution in [2.45, 2.75) is 38.4 Å². The molecular formula is C18H20O2. The zero-order chi connectivity index (χ0) is 14.1. The van der Waals surface area contributed by atoms with Gasteiger partial charge in [0.2, 0.25) is 0 Å². The van der Waals surface area contributed by atoms with E-state index in [1.165, 1.54) is 22.3 Å².